The van der Waals surface area contributed by atoms with Crippen LogP contribution in [0.5, 0.6) is 0 Å². The number of sulfone groups is 1. The molecular formula is C26H22ClNO2S2. The van der Waals surface area contributed by atoms with Crippen LogP contribution in [-0.4, -0.2) is 13.4 Å². The largest absolute Gasteiger partial charge is 0.240 e. The smallest absolute Gasteiger partial charge is 0.209 e. The Kier molecular flexibility index (Phi) is 6.70. The summed E-state index contributed by atoms with van der Waals surface area (Å²) in [5.41, 5.74) is 4.43. The number of thioether (sulfide) groups is 1. The lowest BCUT2D eigenvalue weighted by atomic mass is 10.1. The Morgan fingerprint density at radius 1 is 0.875 bits per heavy atom. The van der Waals surface area contributed by atoms with Gasteiger partial charge in [-0.05, 0) is 55.3 Å². The zero-order valence-electron chi connectivity index (χ0n) is 17.7. The van der Waals surface area contributed by atoms with Gasteiger partial charge in [-0.1, -0.05) is 71.8 Å². The fourth-order valence-corrected chi connectivity index (χ4v) is 6.45. The summed E-state index contributed by atoms with van der Waals surface area (Å²) in [4.78, 5) is 5.34. The lowest BCUT2D eigenvalue weighted by Gasteiger charge is -2.15. The van der Waals surface area contributed by atoms with Crippen LogP contribution in [0, 0.1) is 13.8 Å². The molecule has 4 rings (SSSR count). The molecule has 0 aliphatic carbocycles. The number of hydrogen-bond donors (Lipinski definition) is 0. The van der Waals surface area contributed by atoms with Gasteiger partial charge in [0.15, 0.2) is 0 Å². The maximum atomic E-state index is 13.6. The molecule has 0 radical (unpaired) electrons. The van der Waals surface area contributed by atoms with Crippen molar-refractivity contribution in [3.05, 3.63) is 107 Å². The predicted molar refractivity (Wildman–Crippen MR) is 132 cm³/mol. The van der Waals surface area contributed by atoms with Gasteiger partial charge < -0.3 is 0 Å². The molecule has 6 heteroatoms. The number of hydrogen-bond acceptors (Lipinski definition) is 4. The topological polar surface area (TPSA) is 47.0 Å². The number of nitrogens with zero attached hydrogens (tertiary/aromatic N) is 1. The summed E-state index contributed by atoms with van der Waals surface area (Å²) in [6.45, 7) is 3.77. The van der Waals surface area contributed by atoms with E-state index < -0.39 is 9.84 Å². The minimum Gasteiger partial charge on any atom is -0.240 e. The second-order valence-corrected chi connectivity index (χ2v) is 10.8. The van der Waals surface area contributed by atoms with Gasteiger partial charge >= 0.3 is 0 Å². The van der Waals surface area contributed by atoms with E-state index >= 15 is 0 Å². The zero-order valence-corrected chi connectivity index (χ0v) is 20.1. The first-order valence-electron chi connectivity index (χ1n) is 10.1. The standard InChI is InChI=1S/C26H22ClNO2S2/c1-18-8-14-23(15-9-18)32(29,30)25-19(2)16-24(21-6-4-3-5-7-21)28-26(25)31-17-20-10-12-22(27)13-11-20/h3-16H,17H2,1-2H3. The van der Waals surface area contributed by atoms with Gasteiger partial charge in [-0.3, -0.25) is 0 Å². The van der Waals surface area contributed by atoms with E-state index in [1.165, 1.54) is 11.8 Å². The molecule has 3 nitrogen and oxygen atoms in total. The molecule has 4 aromatic rings. The van der Waals surface area contributed by atoms with Crippen LogP contribution < -0.4 is 0 Å². The molecule has 1 heterocycles. The number of aromatic nitrogens is 1. The van der Waals surface area contributed by atoms with E-state index in [2.05, 4.69) is 0 Å². The van der Waals surface area contributed by atoms with Gasteiger partial charge in [0.1, 0.15) is 9.92 Å². The molecule has 0 N–H and O–H groups in total. The van der Waals surface area contributed by atoms with Gasteiger partial charge in [-0.15, -0.1) is 11.8 Å². The van der Waals surface area contributed by atoms with E-state index in [0.717, 1.165) is 22.4 Å². The molecule has 32 heavy (non-hydrogen) atoms. The van der Waals surface area contributed by atoms with E-state index in [4.69, 9.17) is 16.6 Å². The molecule has 0 spiro atoms. The van der Waals surface area contributed by atoms with Gasteiger partial charge in [-0.2, -0.15) is 0 Å². The highest BCUT2D eigenvalue weighted by Crippen LogP contribution is 2.36. The second kappa shape index (κ2) is 9.49. The summed E-state index contributed by atoms with van der Waals surface area (Å²) in [6.07, 6.45) is 0. The molecule has 162 valence electrons. The number of halogens is 1. The Bertz CT molecular complexity index is 1340. The molecular weight excluding hydrogens is 458 g/mol. The first kappa shape index (κ1) is 22.6. The maximum Gasteiger partial charge on any atom is 0.209 e. The Labute approximate surface area is 198 Å². The number of benzene rings is 3. The first-order valence-corrected chi connectivity index (χ1v) is 13.0. The van der Waals surface area contributed by atoms with E-state index in [9.17, 15) is 8.42 Å². The van der Waals surface area contributed by atoms with Crippen molar-refractivity contribution in [2.24, 2.45) is 0 Å². The highest BCUT2D eigenvalue weighted by molar-refractivity contribution is 7.99. The molecule has 0 saturated heterocycles. The normalized spacial score (nSPS) is 11.5. The van der Waals surface area contributed by atoms with Gasteiger partial charge in [0.2, 0.25) is 9.84 Å². The number of rotatable bonds is 6. The van der Waals surface area contributed by atoms with Crippen molar-refractivity contribution < 1.29 is 8.42 Å². The Morgan fingerprint density at radius 3 is 2.19 bits per heavy atom. The fraction of sp³-hybridized carbons (Fsp3) is 0.115. The van der Waals surface area contributed by atoms with E-state index in [1.807, 2.05) is 86.6 Å². The Morgan fingerprint density at radius 2 is 1.53 bits per heavy atom. The molecule has 1 aromatic heterocycles. The van der Waals surface area contributed by atoms with Crippen molar-refractivity contribution in [1.82, 2.24) is 4.98 Å². The molecule has 0 atom stereocenters. The average Bonchev–Trinajstić information content (AvgIpc) is 2.79. The quantitative estimate of drug-likeness (QED) is 0.275. The molecule has 3 aromatic carbocycles. The third kappa shape index (κ3) is 4.90. The lowest BCUT2D eigenvalue weighted by Crippen LogP contribution is -2.08. The summed E-state index contributed by atoms with van der Waals surface area (Å²) < 4.78 is 27.2. The summed E-state index contributed by atoms with van der Waals surface area (Å²) >= 11 is 7.42. The van der Waals surface area contributed by atoms with Crippen molar-refractivity contribution in [3.8, 4) is 11.3 Å². The minimum atomic E-state index is -3.73. The second-order valence-electron chi connectivity index (χ2n) is 7.56. The SMILES string of the molecule is Cc1ccc(S(=O)(=O)c2c(C)cc(-c3ccccc3)nc2SCc2ccc(Cl)cc2)cc1. The van der Waals surface area contributed by atoms with Gasteiger partial charge in [0.25, 0.3) is 0 Å². The van der Waals surface area contributed by atoms with Crippen LogP contribution in [0.3, 0.4) is 0 Å². The third-order valence-electron chi connectivity index (χ3n) is 5.09. The average molecular weight is 480 g/mol. The van der Waals surface area contributed by atoms with Gasteiger partial charge in [0.05, 0.1) is 10.6 Å². The summed E-state index contributed by atoms with van der Waals surface area (Å²) in [6, 6.07) is 26.1. The van der Waals surface area contributed by atoms with Crippen molar-refractivity contribution in [3.63, 3.8) is 0 Å². The number of aryl methyl sites for hydroxylation is 2. The highest BCUT2D eigenvalue weighted by atomic mass is 35.5. The first-order chi connectivity index (χ1) is 15.3. The maximum absolute atomic E-state index is 13.6. The number of pyridine rings is 1. The van der Waals surface area contributed by atoms with Crippen LogP contribution in [0.1, 0.15) is 16.7 Å². The lowest BCUT2D eigenvalue weighted by molar-refractivity contribution is 0.592. The van der Waals surface area contributed by atoms with Crippen molar-refractivity contribution in [2.75, 3.05) is 0 Å². The Balaban J connectivity index is 1.82. The van der Waals surface area contributed by atoms with Gasteiger partial charge in [-0.25, -0.2) is 13.4 Å². The van der Waals surface area contributed by atoms with Gasteiger partial charge in [0, 0.05) is 16.3 Å². The fourth-order valence-electron chi connectivity index (χ4n) is 3.38. The van der Waals surface area contributed by atoms with Crippen molar-refractivity contribution in [1.29, 1.82) is 0 Å². The molecule has 0 aliphatic rings. The summed E-state index contributed by atoms with van der Waals surface area (Å²) in [7, 11) is -3.73. The zero-order chi connectivity index (χ0) is 22.7. The van der Waals surface area contributed by atoms with Crippen LogP contribution in [0.2, 0.25) is 5.02 Å². The molecule has 0 fully saturated rings. The molecule has 0 aliphatic heterocycles. The van der Waals surface area contributed by atoms with E-state index in [0.29, 0.717) is 21.4 Å². The monoisotopic (exact) mass is 479 g/mol. The van der Waals surface area contributed by atoms with Crippen LogP contribution in [-0.2, 0) is 15.6 Å². The summed E-state index contributed by atoms with van der Waals surface area (Å²) in [5, 5.41) is 1.17. The minimum absolute atomic E-state index is 0.264. The highest BCUT2D eigenvalue weighted by Gasteiger charge is 2.26. The van der Waals surface area contributed by atoms with Crippen LogP contribution >= 0.6 is 23.4 Å². The van der Waals surface area contributed by atoms with Crippen LogP contribution in [0.15, 0.2) is 99.7 Å². The van der Waals surface area contributed by atoms with Crippen molar-refractivity contribution >= 4 is 33.2 Å². The molecule has 0 amide bonds. The van der Waals surface area contributed by atoms with Crippen LogP contribution in [0.25, 0.3) is 11.3 Å². The van der Waals surface area contributed by atoms with Crippen LogP contribution in [0.4, 0.5) is 0 Å². The molecule has 0 saturated carbocycles. The molecule has 0 unspecified atom stereocenters. The van der Waals surface area contributed by atoms with Crippen molar-refractivity contribution in [2.45, 2.75) is 34.4 Å². The van der Waals surface area contributed by atoms with E-state index in [-0.39, 0.29) is 9.79 Å². The predicted octanol–water partition coefficient (Wildman–Crippen LogP) is 7.14. The summed E-state index contributed by atoms with van der Waals surface area (Å²) in [5.74, 6) is 0.582. The van der Waals surface area contributed by atoms with E-state index in [1.54, 1.807) is 12.1 Å². The molecule has 0 bridgehead atoms. The third-order valence-corrected chi connectivity index (χ3v) is 8.46. The Hall–Kier alpha value is -2.60.